The van der Waals surface area contributed by atoms with Gasteiger partial charge in [-0.25, -0.2) is 24.4 Å². The zero-order chi connectivity index (χ0) is 21.8. The molecule has 0 atom stereocenters. The number of esters is 1. The number of carbonyl (C=O) groups excluding carboxylic acids is 1. The molecule has 0 aliphatic carbocycles. The molecule has 0 radical (unpaired) electrons. The van der Waals surface area contributed by atoms with Crippen molar-refractivity contribution in [3.63, 3.8) is 0 Å². The van der Waals surface area contributed by atoms with E-state index in [9.17, 15) is 9.59 Å². The number of carbonyl (C=O) groups is 1. The third kappa shape index (κ3) is 3.89. The molecule has 0 saturated heterocycles. The number of hydrogen-bond donors (Lipinski definition) is 0. The van der Waals surface area contributed by atoms with Gasteiger partial charge in [0, 0.05) is 37.0 Å². The predicted octanol–water partition coefficient (Wildman–Crippen LogP) is 2.83. The van der Waals surface area contributed by atoms with E-state index in [2.05, 4.69) is 16.9 Å². The second-order valence-corrected chi connectivity index (χ2v) is 6.77. The molecule has 9 heteroatoms. The van der Waals surface area contributed by atoms with Gasteiger partial charge in [-0.1, -0.05) is 25.1 Å². The molecule has 0 fully saturated rings. The number of aromatic nitrogens is 5. The number of imidazole rings is 1. The molecule has 9 nitrogen and oxygen atoms in total. The van der Waals surface area contributed by atoms with Crippen LogP contribution < -0.4 is 10.4 Å². The summed E-state index contributed by atoms with van der Waals surface area (Å²) < 4.78 is 8.59. The highest BCUT2D eigenvalue weighted by Gasteiger charge is 2.20. The van der Waals surface area contributed by atoms with Gasteiger partial charge >= 0.3 is 5.97 Å². The summed E-state index contributed by atoms with van der Waals surface area (Å²) in [5.41, 5.74) is 0.634. The summed E-state index contributed by atoms with van der Waals surface area (Å²) in [5, 5.41) is 2.10. The number of rotatable bonds is 7. The van der Waals surface area contributed by atoms with Gasteiger partial charge < -0.3 is 9.30 Å². The van der Waals surface area contributed by atoms with Crippen LogP contribution in [0, 0.1) is 0 Å². The number of anilines is 1. The fourth-order valence-corrected chi connectivity index (χ4v) is 3.29. The van der Waals surface area contributed by atoms with Crippen molar-refractivity contribution in [2.45, 2.75) is 20.3 Å². The summed E-state index contributed by atoms with van der Waals surface area (Å²) in [5.74, 6) is -0.255. The SMILES string of the molecule is CCCN(c1ncc2c(=O)c(C(=O)OCC)cn(-c3ccccc3)c2n1)n1ccnc1. The van der Waals surface area contributed by atoms with Crippen molar-refractivity contribution in [2.24, 2.45) is 0 Å². The average Bonchev–Trinajstić information content (AvgIpc) is 3.33. The number of para-hydroxylation sites is 1. The summed E-state index contributed by atoms with van der Waals surface area (Å²) in [7, 11) is 0. The Balaban J connectivity index is 1.96. The Hall–Kier alpha value is -4.01. The summed E-state index contributed by atoms with van der Waals surface area (Å²) in [4.78, 5) is 38.7. The van der Waals surface area contributed by atoms with Gasteiger partial charge in [0.15, 0.2) is 5.65 Å². The molecule has 0 bridgehead atoms. The Labute approximate surface area is 178 Å². The van der Waals surface area contributed by atoms with Crippen LogP contribution in [0.5, 0.6) is 0 Å². The Morgan fingerprint density at radius 2 is 2.00 bits per heavy atom. The normalized spacial score (nSPS) is 10.9. The number of nitrogens with zero attached hydrogens (tertiary/aromatic N) is 6. The topological polar surface area (TPSA) is 95.1 Å². The molecule has 0 N–H and O–H groups in total. The van der Waals surface area contributed by atoms with Crippen molar-refractivity contribution in [2.75, 3.05) is 18.2 Å². The van der Waals surface area contributed by atoms with Gasteiger partial charge in [-0.3, -0.25) is 4.79 Å². The monoisotopic (exact) mass is 418 g/mol. The van der Waals surface area contributed by atoms with E-state index >= 15 is 0 Å². The van der Waals surface area contributed by atoms with Crippen molar-refractivity contribution in [1.29, 1.82) is 0 Å². The number of pyridine rings is 1. The molecular weight excluding hydrogens is 396 g/mol. The zero-order valence-electron chi connectivity index (χ0n) is 17.3. The first-order chi connectivity index (χ1) is 15.1. The minimum absolute atomic E-state index is 0.0606. The van der Waals surface area contributed by atoms with Crippen molar-refractivity contribution in [3.8, 4) is 5.69 Å². The zero-order valence-corrected chi connectivity index (χ0v) is 17.3. The van der Waals surface area contributed by atoms with Gasteiger partial charge in [0.2, 0.25) is 11.4 Å². The molecule has 0 aliphatic rings. The fraction of sp³-hybridized carbons (Fsp3) is 0.227. The van der Waals surface area contributed by atoms with Gasteiger partial charge in [-0.05, 0) is 25.5 Å². The van der Waals surface area contributed by atoms with Crippen LogP contribution in [-0.2, 0) is 4.74 Å². The maximum Gasteiger partial charge on any atom is 0.343 e. The Kier molecular flexibility index (Phi) is 5.74. The second-order valence-electron chi connectivity index (χ2n) is 6.77. The Morgan fingerprint density at radius 1 is 1.19 bits per heavy atom. The molecule has 0 aliphatic heterocycles. The van der Waals surface area contributed by atoms with E-state index in [1.807, 2.05) is 35.3 Å². The molecule has 0 spiro atoms. The van der Waals surface area contributed by atoms with E-state index in [0.29, 0.717) is 18.1 Å². The standard InChI is InChI=1S/C22H22N6O3/c1-3-11-28(26-12-10-23-15-26)22-24-13-17-19(29)18(21(30)31-4-2)14-27(20(17)25-22)16-8-6-5-7-9-16/h5-10,12-15H,3-4,11H2,1-2H3. The van der Waals surface area contributed by atoms with Gasteiger partial charge in [-0.2, -0.15) is 4.98 Å². The van der Waals surface area contributed by atoms with Crippen LogP contribution in [0.15, 0.2) is 66.2 Å². The van der Waals surface area contributed by atoms with Gasteiger partial charge in [-0.15, -0.1) is 0 Å². The van der Waals surface area contributed by atoms with E-state index in [4.69, 9.17) is 9.72 Å². The molecular formula is C22H22N6O3. The lowest BCUT2D eigenvalue weighted by molar-refractivity contribution is 0.0524. The highest BCUT2D eigenvalue weighted by Crippen LogP contribution is 2.19. The minimum Gasteiger partial charge on any atom is -0.462 e. The van der Waals surface area contributed by atoms with E-state index in [-0.39, 0.29) is 17.6 Å². The van der Waals surface area contributed by atoms with Crippen LogP contribution in [0.1, 0.15) is 30.6 Å². The highest BCUT2D eigenvalue weighted by atomic mass is 16.5. The van der Waals surface area contributed by atoms with Crippen LogP contribution >= 0.6 is 0 Å². The van der Waals surface area contributed by atoms with Crippen molar-refractivity contribution < 1.29 is 9.53 Å². The Bertz CT molecular complexity index is 1250. The quantitative estimate of drug-likeness (QED) is 0.426. The molecule has 158 valence electrons. The van der Waals surface area contributed by atoms with E-state index < -0.39 is 11.4 Å². The molecule has 3 aromatic heterocycles. The second kappa shape index (κ2) is 8.78. The minimum atomic E-state index is -0.672. The smallest absolute Gasteiger partial charge is 0.343 e. The van der Waals surface area contributed by atoms with Crippen LogP contribution in [0.25, 0.3) is 16.7 Å². The summed E-state index contributed by atoms with van der Waals surface area (Å²) in [6.45, 7) is 4.57. The largest absolute Gasteiger partial charge is 0.462 e. The number of fused-ring (bicyclic) bond motifs is 1. The highest BCUT2D eigenvalue weighted by molar-refractivity contribution is 5.93. The first-order valence-electron chi connectivity index (χ1n) is 10.0. The number of hydrogen-bond acceptors (Lipinski definition) is 7. The first kappa shape index (κ1) is 20.3. The van der Waals surface area contributed by atoms with E-state index in [1.54, 1.807) is 34.9 Å². The van der Waals surface area contributed by atoms with Gasteiger partial charge in [0.25, 0.3) is 0 Å². The molecule has 4 rings (SSSR count). The molecule has 0 saturated carbocycles. The molecule has 3 heterocycles. The Morgan fingerprint density at radius 3 is 2.68 bits per heavy atom. The van der Waals surface area contributed by atoms with Crippen LogP contribution in [0.3, 0.4) is 0 Å². The van der Waals surface area contributed by atoms with Crippen molar-refractivity contribution >= 4 is 23.0 Å². The van der Waals surface area contributed by atoms with Crippen LogP contribution in [0.2, 0.25) is 0 Å². The molecule has 4 aromatic rings. The molecule has 1 aromatic carbocycles. The van der Waals surface area contributed by atoms with Crippen LogP contribution in [-0.4, -0.2) is 43.3 Å². The third-order valence-corrected chi connectivity index (χ3v) is 4.70. The van der Waals surface area contributed by atoms with Crippen molar-refractivity contribution in [3.05, 3.63) is 77.2 Å². The summed E-state index contributed by atoms with van der Waals surface area (Å²) in [6, 6.07) is 9.39. The number of ether oxygens (including phenoxy) is 1. The van der Waals surface area contributed by atoms with Crippen molar-refractivity contribution in [1.82, 2.24) is 24.2 Å². The predicted molar refractivity (Wildman–Crippen MR) is 116 cm³/mol. The third-order valence-electron chi connectivity index (χ3n) is 4.70. The van der Waals surface area contributed by atoms with E-state index in [1.165, 1.54) is 12.4 Å². The van der Waals surface area contributed by atoms with E-state index in [0.717, 1.165) is 12.1 Å². The first-order valence-corrected chi connectivity index (χ1v) is 10.0. The van der Waals surface area contributed by atoms with Gasteiger partial charge in [0.1, 0.15) is 11.9 Å². The summed E-state index contributed by atoms with van der Waals surface area (Å²) in [6.07, 6.45) is 8.94. The fourth-order valence-electron chi connectivity index (χ4n) is 3.29. The lowest BCUT2D eigenvalue weighted by Crippen LogP contribution is -2.31. The molecule has 0 unspecified atom stereocenters. The summed E-state index contributed by atoms with van der Waals surface area (Å²) >= 11 is 0. The average molecular weight is 418 g/mol. The molecule has 31 heavy (non-hydrogen) atoms. The lowest BCUT2D eigenvalue weighted by atomic mass is 10.2. The van der Waals surface area contributed by atoms with Crippen LogP contribution in [0.4, 0.5) is 5.95 Å². The van der Waals surface area contributed by atoms with Gasteiger partial charge in [0.05, 0.1) is 12.0 Å². The lowest BCUT2D eigenvalue weighted by Gasteiger charge is -2.23. The maximum atomic E-state index is 13.0. The molecule has 0 amide bonds. The maximum absolute atomic E-state index is 13.0. The number of benzene rings is 1.